The summed E-state index contributed by atoms with van der Waals surface area (Å²) in [6.07, 6.45) is 7.07. The molecule has 11 heteroatoms. The highest BCUT2D eigenvalue weighted by Crippen LogP contribution is 2.31. The van der Waals surface area contributed by atoms with Gasteiger partial charge in [-0.3, -0.25) is 4.18 Å². The number of imidazole rings is 1. The lowest BCUT2D eigenvalue weighted by molar-refractivity contribution is 0.149. The molecule has 3 heterocycles. The third-order valence-corrected chi connectivity index (χ3v) is 7.08. The van der Waals surface area contributed by atoms with Crippen molar-refractivity contribution in [2.75, 3.05) is 11.6 Å². The first-order chi connectivity index (χ1) is 15.3. The molecule has 2 atom stereocenters. The van der Waals surface area contributed by atoms with Crippen molar-refractivity contribution in [3.63, 3.8) is 0 Å². The van der Waals surface area contributed by atoms with Crippen LogP contribution in [0.3, 0.4) is 0 Å². The highest BCUT2D eigenvalue weighted by atomic mass is 32.2. The molecule has 0 radical (unpaired) electrons. The van der Waals surface area contributed by atoms with Crippen LogP contribution in [-0.2, 0) is 20.8 Å². The Bertz CT molecular complexity index is 1380. The molecule has 168 valence electrons. The van der Waals surface area contributed by atoms with Crippen LogP contribution in [0.1, 0.15) is 31.2 Å². The van der Waals surface area contributed by atoms with E-state index in [0.29, 0.717) is 24.1 Å². The number of hydrogen-bond acceptors (Lipinski definition) is 8. The second kappa shape index (κ2) is 8.38. The van der Waals surface area contributed by atoms with Gasteiger partial charge in [0, 0.05) is 6.07 Å². The van der Waals surface area contributed by atoms with Crippen LogP contribution in [0.4, 0.5) is 9.52 Å². The maximum absolute atomic E-state index is 13.4. The fraction of sp³-hybridized carbons (Fsp3) is 0.381. The van der Waals surface area contributed by atoms with E-state index in [9.17, 15) is 12.8 Å². The lowest BCUT2D eigenvalue weighted by Crippen LogP contribution is -2.39. The highest BCUT2D eigenvalue weighted by Gasteiger charge is 2.29. The summed E-state index contributed by atoms with van der Waals surface area (Å²) in [4.78, 5) is 13.0. The Morgan fingerprint density at radius 1 is 1.22 bits per heavy atom. The van der Waals surface area contributed by atoms with Gasteiger partial charge in [0.05, 0.1) is 47.7 Å². The Morgan fingerprint density at radius 2 is 2.06 bits per heavy atom. The van der Waals surface area contributed by atoms with Crippen molar-refractivity contribution in [1.82, 2.24) is 19.5 Å². The summed E-state index contributed by atoms with van der Waals surface area (Å²) in [5, 5.41) is 4.14. The zero-order valence-electron chi connectivity index (χ0n) is 17.4. The number of benzene rings is 1. The minimum absolute atomic E-state index is 0.0951. The number of pyridine rings is 1. The number of aromatic nitrogens is 4. The molecule has 4 aromatic rings. The van der Waals surface area contributed by atoms with Crippen LogP contribution >= 0.6 is 11.3 Å². The largest absolute Gasteiger partial charge is 0.356 e. The molecule has 0 bridgehead atoms. The Morgan fingerprint density at radius 3 is 2.91 bits per heavy atom. The first kappa shape index (κ1) is 21.2. The maximum Gasteiger partial charge on any atom is 0.264 e. The summed E-state index contributed by atoms with van der Waals surface area (Å²) in [6.45, 7) is 0.554. The van der Waals surface area contributed by atoms with Crippen molar-refractivity contribution in [3.05, 3.63) is 48.2 Å². The monoisotopic (exact) mass is 475 g/mol. The van der Waals surface area contributed by atoms with Crippen LogP contribution in [0.15, 0.2) is 36.8 Å². The van der Waals surface area contributed by atoms with Gasteiger partial charge in [0.15, 0.2) is 10.8 Å². The normalized spacial score (nSPS) is 19.6. The molecule has 1 saturated carbocycles. The Hall–Kier alpha value is -2.63. The second-order valence-corrected chi connectivity index (χ2v) is 10.7. The summed E-state index contributed by atoms with van der Waals surface area (Å²) < 4.78 is 44.8. The molecule has 1 N–H and O–H groups in total. The van der Waals surface area contributed by atoms with E-state index in [1.54, 1.807) is 6.33 Å². The SMILES string of the molecule is CS(=O)(=O)O[C@H]1CCCC[C@H]1Nc1nc2ccc(Cn3cnc4cc(F)cnc43)cc2s1. The standard InChI is InChI=1S/C21H22FN5O3S2/c1-32(28,29)30-18-5-3-2-4-15(18)25-21-26-16-7-6-13(8-19(16)31-21)11-27-12-24-17-9-14(22)10-23-20(17)27/h6-10,12,15,18H,2-5,11H2,1H3,(H,25,26)/t15-,18+/m1/s1. The van der Waals surface area contributed by atoms with E-state index < -0.39 is 15.9 Å². The van der Waals surface area contributed by atoms with Gasteiger partial charge in [-0.25, -0.2) is 19.3 Å². The number of thiazole rings is 1. The third kappa shape index (κ3) is 4.59. The summed E-state index contributed by atoms with van der Waals surface area (Å²) in [5.74, 6) is -0.406. The second-order valence-electron chi connectivity index (χ2n) is 8.06. The predicted molar refractivity (Wildman–Crippen MR) is 122 cm³/mol. The first-order valence-corrected chi connectivity index (χ1v) is 13.0. The Labute approximate surface area is 188 Å². The number of rotatable bonds is 6. The topological polar surface area (TPSA) is 99.0 Å². The van der Waals surface area contributed by atoms with Crippen LogP contribution in [0, 0.1) is 5.82 Å². The van der Waals surface area contributed by atoms with Gasteiger partial charge < -0.3 is 9.88 Å². The van der Waals surface area contributed by atoms with Crippen LogP contribution in [0.2, 0.25) is 0 Å². The maximum atomic E-state index is 13.4. The molecule has 0 saturated heterocycles. The van der Waals surface area contributed by atoms with Gasteiger partial charge in [-0.1, -0.05) is 30.2 Å². The van der Waals surface area contributed by atoms with E-state index in [0.717, 1.165) is 46.4 Å². The van der Waals surface area contributed by atoms with Gasteiger partial charge in [-0.05, 0) is 30.5 Å². The van der Waals surface area contributed by atoms with E-state index in [-0.39, 0.29) is 12.1 Å². The minimum atomic E-state index is -3.51. The Kier molecular flexibility index (Phi) is 5.56. The summed E-state index contributed by atoms with van der Waals surface area (Å²) in [6, 6.07) is 7.30. The van der Waals surface area contributed by atoms with Gasteiger partial charge in [0.2, 0.25) is 0 Å². The lowest BCUT2D eigenvalue weighted by atomic mass is 9.93. The average molecular weight is 476 g/mol. The van der Waals surface area contributed by atoms with Gasteiger partial charge >= 0.3 is 0 Å². The summed E-state index contributed by atoms with van der Waals surface area (Å²) >= 11 is 1.53. The molecule has 1 aliphatic rings. The van der Waals surface area contributed by atoms with E-state index in [1.165, 1.54) is 23.6 Å². The third-order valence-electron chi connectivity index (χ3n) is 5.54. The van der Waals surface area contributed by atoms with Gasteiger partial charge in [-0.15, -0.1) is 0 Å². The number of nitrogens with zero attached hydrogens (tertiary/aromatic N) is 4. The molecule has 32 heavy (non-hydrogen) atoms. The van der Waals surface area contributed by atoms with Gasteiger partial charge in [0.25, 0.3) is 10.1 Å². The van der Waals surface area contributed by atoms with Gasteiger partial charge in [0.1, 0.15) is 11.3 Å². The molecule has 1 aromatic carbocycles. The lowest BCUT2D eigenvalue weighted by Gasteiger charge is -2.30. The van der Waals surface area contributed by atoms with E-state index in [2.05, 4.69) is 26.3 Å². The quantitative estimate of drug-likeness (QED) is 0.422. The van der Waals surface area contributed by atoms with Crippen molar-refractivity contribution < 1.29 is 17.0 Å². The molecular formula is C21H22FN5O3S2. The fourth-order valence-electron chi connectivity index (χ4n) is 4.13. The number of anilines is 1. The molecule has 8 nitrogen and oxygen atoms in total. The molecule has 1 fully saturated rings. The van der Waals surface area contributed by atoms with Crippen molar-refractivity contribution in [1.29, 1.82) is 0 Å². The number of halogens is 1. The van der Waals surface area contributed by atoms with Crippen LogP contribution in [0.5, 0.6) is 0 Å². The molecule has 0 amide bonds. The number of nitrogens with one attached hydrogen (secondary N) is 1. The molecule has 0 unspecified atom stereocenters. The summed E-state index contributed by atoms with van der Waals surface area (Å²) in [5.41, 5.74) is 3.07. The molecule has 3 aromatic heterocycles. The molecule has 0 spiro atoms. The van der Waals surface area contributed by atoms with Crippen LogP contribution in [0.25, 0.3) is 21.4 Å². The van der Waals surface area contributed by atoms with E-state index >= 15 is 0 Å². The van der Waals surface area contributed by atoms with E-state index in [1.807, 2.05) is 16.7 Å². The predicted octanol–water partition coefficient (Wildman–Crippen LogP) is 3.93. The minimum Gasteiger partial charge on any atom is -0.356 e. The first-order valence-electron chi connectivity index (χ1n) is 10.3. The molecular weight excluding hydrogens is 453 g/mol. The zero-order valence-corrected chi connectivity index (χ0v) is 19.0. The molecule has 0 aliphatic heterocycles. The average Bonchev–Trinajstić information content (AvgIpc) is 3.31. The zero-order chi connectivity index (χ0) is 22.3. The summed E-state index contributed by atoms with van der Waals surface area (Å²) in [7, 11) is -3.51. The highest BCUT2D eigenvalue weighted by molar-refractivity contribution is 7.86. The van der Waals surface area contributed by atoms with E-state index in [4.69, 9.17) is 4.18 Å². The van der Waals surface area contributed by atoms with Crippen molar-refractivity contribution >= 4 is 48.0 Å². The molecule has 1 aliphatic carbocycles. The van der Waals surface area contributed by atoms with Crippen LogP contribution in [-0.4, -0.2) is 46.3 Å². The number of hydrogen-bond donors (Lipinski definition) is 1. The van der Waals surface area contributed by atoms with Crippen LogP contribution < -0.4 is 5.32 Å². The molecule has 5 rings (SSSR count). The van der Waals surface area contributed by atoms with Crippen molar-refractivity contribution in [2.24, 2.45) is 0 Å². The fourth-order valence-corrected chi connectivity index (χ4v) is 5.80. The van der Waals surface area contributed by atoms with Crippen molar-refractivity contribution in [3.8, 4) is 0 Å². The smallest absolute Gasteiger partial charge is 0.264 e. The van der Waals surface area contributed by atoms with Crippen molar-refractivity contribution in [2.45, 2.75) is 44.4 Å². The van der Waals surface area contributed by atoms with Gasteiger partial charge in [-0.2, -0.15) is 8.42 Å². The Balaban J connectivity index is 1.35. The number of fused-ring (bicyclic) bond motifs is 2.